The Morgan fingerprint density at radius 2 is 0.859 bits per heavy atom. The molecule has 2 heterocycles. The number of esters is 2. The lowest BCUT2D eigenvalue weighted by molar-refractivity contribution is -0.987. The van der Waals surface area contributed by atoms with Gasteiger partial charge in [0.15, 0.2) is 32.9 Å². The number of hydrogen-bond donors (Lipinski definition) is 0. The predicted octanol–water partition coefficient (Wildman–Crippen LogP) is 7.58. The van der Waals surface area contributed by atoms with Gasteiger partial charge in [-0.1, -0.05) is 109 Å². The normalized spacial score (nSPS) is 16.3. The highest BCUT2D eigenvalue weighted by Gasteiger charge is 2.39. The molecule has 8 rings (SSSR count). The lowest BCUT2D eigenvalue weighted by Gasteiger charge is -2.17. The Hall–Kier alpha value is -7.56. The standard InChI is InChI=1S/C48H38NO13S2/c1-63(53,54)39-23-19-35(20-24-39)43-41(33-13-5-3-6-14-33)45(50)61-47(43)59-37-17-9-11-31(27-37)29-57-49(52)58-30-32-12-10-18-38(28-32)60-48-44(36-21-25-40(26-22-36)64(2,55)56)42(46(51)62-48)34-15-7-4-8-16-34/h3-28,47-48H,29-30H2,1-2H3/q+1. The molecule has 2 unspecified atom stereocenters. The van der Waals surface area contributed by atoms with E-state index in [4.69, 9.17) is 28.6 Å². The summed E-state index contributed by atoms with van der Waals surface area (Å²) in [6, 6.07) is 43.2. The number of cyclic esters (lactones) is 2. The Balaban J connectivity index is 0.923. The monoisotopic (exact) mass is 900 g/mol. The Morgan fingerprint density at radius 3 is 1.22 bits per heavy atom. The van der Waals surface area contributed by atoms with Crippen molar-refractivity contribution in [3.05, 3.63) is 196 Å². The highest BCUT2D eigenvalue weighted by Crippen LogP contribution is 2.40. The fourth-order valence-corrected chi connectivity index (χ4v) is 8.35. The highest BCUT2D eigenvalue weighted by molar-refractivity contribution is 7.91. The van der Waals surface area contributed by atoms with Gasteiger partial charge in [-0.05, 0) is 70.8 Å². The average Bonchev–Trinajstić information content (AvgIpc) is 3.79. The van der Waals surface area contributed by atoms with Gasteiger partial charge in [0.25, 0.3) is 12.6 Å². The van der Waals surface area contributed by atoms with Crippen LogP contribution in [0.15, 0.2) is 168 Å². The molecule has 324 valence electrons. The minimum Gasteiger partial charge on any atom is -0.450 e. The molecular weight excluding hydrogens is 863 g/mol. The minimum atomic E-state index is -3.47. The van der Waals surface area contributed by atoms with E-state index in [0.717, 1.165) is 12.5 Å². The van der Waals surface area contributed by atoms with Crippen LogP contribution in [-0.4, -0.2) is 59.0 Å². The zero-order valence-corrected chi connectivity index (χ0v) is 35.8. The summed E-state index contributed by atoms with van der Waals surface area (Å²) in [5, 5.41) is -0.0289. The van der Waals surface area contributed by atoms with Gasteiger partial charge >= 0.3 is 17.0 Å². The number of carbonyl (C=O) groups is 2. The van der Waals surface area contributed by atoms with Crippen molar-refractivity contribution in [1.82, 2.24) is 0 Å². The number of benzene rings is 6. The lowest BCUT2D eigenvalue weighted by Crippen LogP contribution is -2.19. The third-order valence-corrected chi connectivity index (χ3v) is 12.4. The Bertz CT molecular complexity index is 2840. The molecule has 0 spiro atoms. The van der Waals surface area contributed by atoms with Crippen molar-refractivity contribution in [3.8, 4) is 11.5 Å². The largest absolute Gasteiger partial charge is 0.478 e. The smallest absolute Gasteiger partial charge is 0.450 e. The number of sulfone groups is 2. The number of nitrogens with zero attached hydrogens (tertiary/aromatic N) is 1. The molecule has 0 radical (unpaired) electrons. The second kappa shape index (κ2) is 18.0. The van der Waals surface area contributed by atoms with Crippen LogP contribution >= 0.6 is 0 Å². The Labute approximate surface area is 368 Å². The van der Waals surface area contributed by atoms with Gasteiger partial charge in [0.05, 0.1) is 32.1 Å². The summed E-state index contributed by atoms with van der Waals surface area (Å²) < 4.78 is 72.4. The van der Waals surface area contributed by atoms with Gasteiger partial charge in [0.2, 0.25) is 0 Å². The topological polar surface area (TPSA) is 178 Å². The van der Waals surface area contributed by atoms with Crippen molar-refractivity contribution in [2.45, 2.75) is 35.6 Å². The van der Waals surface area contributed by atoms with E-state index in [0.29, 0.717) is 56.0 Å². The van der Waals surface area contributed by atoms with Crippen LogP contribution in [0, 0.1) is 4.91 Å². The van der Waals surface area contributed by atoms with Crippen LogP contribution < -0.4 is 9.47 Å². The van der Waals surface area contributed by atoms with Crippen molar-refractivity contribution in [2.75, 3.05) is 12.5 Å². The van der Waals surface area contributed by atoms with Crippen molar-refractivity contribution in [1.29, 1.82) is 0 Å². The number of ether oxygens (including phenoxy) is 4. The predicted molar refractivity (Wildman–Crippen MR) is 233 cm³/mol. The average molecular weight is 901 g/mol. The number of rotatable bonds is 16. The van der Waals surface area contributed by atoms with E-state index in [1.54, 1.807) is 121 Å². The molecule has 0 saturated carbocycles. The van der Waals surface area contributed by atoms with Crippen LogP contribution in [0.2, 0.25) is 0 Å². The van der Waals surface area contributed by atoms with Crippen LogP contribution in [0.3, 0.4) is 0 Å². The molecule has 0 amide bonds. The van der Waals surface area contributed by atoms with Gasteiger partial charge in [-0.2, -0.15) is 9.68 Å². The SMILES string of the molecule is CS(=O)(=O)c1ccc(C2=C(c3ccccc3)C(=O)OC2Oc2cccc(CO[N+](=O)OCc3cccc(OC4OC(=O)C(c5ccccc5)=C4c4ccc(S(C)(=O)=O)cc4)c3)c2)cc1. The van der Waals surface area contributed by atoms with E-state index in [1.807, 2.05) is 12.1 Å². The van der Waals surface area contributed by atoms with E-state index in [9.17, 15) is 31.3 Å². The Morgan fingerprint density at radius 1 is 0.484 bits per heavy atom. The summed E-state index contributed by atoms with van der Waals surface area (Å²) in [5.41, 5.74) is 4.63. The Kier molecular flexibility index (Phi) is 12.1. The van der Waals surface area contributed by atoms with Crippen LogP contribution in [0.5, 0.6) is 11.5 Å². The molecule has 0 saturated heterocycles. The van der Waals surface area contributed by atoms with E-state index in [2.05, 4.69) is 0 Å². The zero-order valence-electron chi connectivity index (χ0n) is 34.2. The fourth-order valence-electron chi connectivity index (χ4n) is 7.09. The molecular formula is C48H38NO13S2+. The van der Waals surface area contributed by atoms with E-state index in [1.165, 1.54) is 24.3 Å². The molecule has 0 aliphatic carbocycles. The van der Waals surface area contributed by atoms with Gasteiger partial charge < -0.3 is 18.9 Å². The van der Waals surface area contributed by atoms with Crippen LogP contribution in [0.25, 0.3) is 22.3 Å². The maximum atomic E-state index is 13.3. The van der Waals surface area contributed by atoms with Gasteiger partial charge in [-0.3, -0.25) is 0 Å². The maximum absolute atomic E-state index is 13.3. The molecule has 0 fully saturated rings. The fraction of sp³-hybridized carbons (Fsp3) is 0.125. The molecule has 14 nitrogen and oxygen atoms in total. The summed E-state index contributed by atoms with van der Waals surface area (Å²) >= 11 is 0. The van der Waals surface area contributed by atoms with E-state index >= 15 is 0 Å². The van der Waals surface area contributed by atoms with E-state index < -0.39 is 44.2 Å². The van der Waals surface area contributed by atoms with Gasteiger partial charge in [-0.25, -0.2) is 26.4 Å². The minimum absolute atomic E-state index is 0.0289. The zero-order chi connectivity index (χ0) is 45.0. The summed E-state index contributed by atoms with van der Waals surface area (Å²) in [6.45, 7) is -0.452. The van der Waals surface area contributed by atoms with Crippen molar-refractivity contribution < 1.29 is 60.1 Å². The lowest BCUT2D eigenvalue weighted by atomic mass is 9.96. The van der Waals surface area contributed by atoms with Crippen molar-refractivity contribution in [2.24, 2.45) is 0 Å². The third kappa shape index (κ3) is 9.72. The molecule has 0 aromatic heterocycles. The summed E-state index contributed by atoms with van der Waals surface area (Å²) in [5.74, 6) is -0.648. The molecule has 2 aliphatic rings. The quantitative estimate of drug-likeness (QED) is 0.0687. The van der Waals surface area contributed by atoms with Crippen molar-refractivity contribution in [3.63, 3.8) is 0 Å². The highest BCUT2D eigenvalue weighted by atomic mass is 32.2. The molecule has 64 heavy (non-hydrogen) atoms. The molecule has 6 aromatic rings. The number of carbonyl (C=O) groups excluding carboxylic acids is 2. The first-order chi connectivity index (χ1) is 30.7. The van der Waals surface area contributed by atoms with Crippen LogP contribution in [-0.2, 0) is 61.6 Å². The molecule has 6 aromatic carbocycles. The molecule has 2 atom stereocenters. The first-order valence-electron chi connectivity index (χ1n) is 19.6. The first kappa shape index (κ1) is 43.1. The molecule has 16 heteroatoms. The molecule has 0 N–H and O–H groups in total. The molecule has 2 aliphatic heterocycles. The van der Waals surface area contributed by atoms with Crippen LogP contribution in [0.1, 0.15) is 33.4 Å². The third-order valence-electron chi connectivity index (χ3n) is 10.1. The second-order valence-electron chi connectivity index (χ2n) is 14.7. The van der Waals surface area contributed by atoms with Gasteiger partial charge in [-0.15, -0.1) is 0 Å². The first-order valence-corrected chi connectivity index (χ1v) is 23.4. The summed E-state index contributed by atoms with van der Waals surface area (Å²) in [4.78, 5) is 50.2. The second-order valence-corrected chi connectivity index (χ2v) is 18.7. The van der Waals surface area contributed by atoms with Gasteiger partial charge in [0, 0.05) is 23.6 Å². The van der Waals surface area contributed by atoms with Gasteiger partial charge in [0.1, 0.15) is 16.4 Å². The number of hydrogen-bond acceptors (Lipinski definition) is 13. The van der Waals surface area contributed by atoms with E-state index in [-0.39, 0.29) is 39.2 Å². The van der Waals surface area contributed by atoms with Crippen LogP contribution in [0.4, 0.5) is 0 Å². The summed E-state index contributed by atoms with van der Waals surface area (Å²) in [6.07, 6.45) is -0.162. The molecule has 0 bridgehead atoms. The van der Waals surface area contributed by atoms with Crippen molar-refractivity contribution >= 4 is 53.9 Å². The summed E-state index contributed by atoms with van der Waals surface area (Å²) in [7, 11) is -6.94. The maximum Gasteiger partial charge on any atom is 0.478 e.